The van der Waals surface area contributed by atoms with E-state index in [-0.39, 0.29) is 10.8 Å². The van der Waals surface area contributed by atoms with Crippen LogP contribution in [0.1, 0.15) is 51.7 Å². The maximum Gasteiger partial charge on any atom is 0.115 e. The number of phenolic OH excluding ortho intramolecular Hbond substituents is 1. The van der Waals surface area contributed by atoms with Crippen molar-refractivity contribution in [3.05, 3.63) is 29.3 Å². The summed E-state index contributed by atoms with van der Waals surface area (Å²) in [6.45, 7) is 11.5. The van der Waals surface area contributed by atoms with E-state index in [9.17, 15) is 5.11 Å². The Kier molecular flexibility index (Phi) is 1.95. The third-order valence-electron chi connectivity index (χ3n) is 4.87. The number of benzene rings is 1. The summed E-state index contributed by atoms with van der Waals surface area (Å²) in [5.74, 6) is 0.878. The number of hydrogen-bond donors (Lipinski definition) is 1. The molecule has 2 rings (SSSR count). The molecule has 1 unspecified atom stereocenters. The predicted molar refractivity (Wildman–Crippen MR) is 63.3 cm³/mol. The van der Waals surface area contributed by atoms with Crippen LogP contribution < -0.4 is 0 Å². The molecule has 0 aliphatic heterocycles. The minimum Gasteiger partial charge on any atom is -0.508 e. The largest absolute Gasteiger partial charge is 0.508 e. The first kappa shape index (κ1) is 10.5. The maximum atomic E-state index is 9.55. The molecule has 82 valence electrons. The zero-order valence-electron chi connectivity index (χ0n) is 10.3. The van der Waals surface area contributed by atoms with Crippen LogP contribution in [0.4, 0.5) is 0 Å². The summed E-state index contributed by atoms with van der Waals surface area (Å²) in [5.41, 5.74) is 3.11. The fourth-order valence-corrected chi connectivity index (χ4v) is 2.75. The van der Waals surface area contributed by atoms with Gasteiger partial charge in [0, 0.05) is 0 Å². The van der Waals surface area contributed by atoms with Crippen LogP contribution in [0.25, 0.3) is 0 Å². The minimum absolute atomic E-state index is 0.176. The second-order valence-corrected chi connectivity index (χ2v) is 5.84. The molecule has 0 amide bonds. The summed E-state index contributed by atoms with van der Waals surface area (Å²) in [6, 6.07) is 5.81. The van der Waals surface area contributed by atoms with Gasteiger partial charge >= 0.3 is 0 Å². The van der Waals surface area contributed by atoms with Crippen molar-refractivity contribution in [1.82, 2.24) is 0 Å². The van der Waals surface area contributed by atoms with Crippen LogP contribution in [0.2, 0.25) is 0 Å². The summed E-state index contributed by atoms with van der Waals surface area (Å²) in [6.07, 6.45) is 0. The zero-order valence-corrected chi connectivity index (χ0v) is 10.3. The lowest BCUT2D eigenvalue weighted by Gasteiger charge is -2.38. The molecule has 1 aliphatic rings. The van der Waals surface area contributed by atoms with Gasteiger partial charge in [0.1, 0.15) is 5.75 Å². The highest BCUT2D eigenvalue weighted by Crippen LogP contribution is 2.58. The number of rotatable bonds is 0. The molecule has 0 spiro atoms. The van der Waals surface area contributed by atoms with Crippen LogP contribution in [0, 0.1) is 5.41 Å². The number of aromatic hydroxyl groups is 1. The summed E-state index contributed by atoms with van der Waals surface area (Å²) in [4.78, 5) is 0. The first-order valence-electron chi connectivity index (χ1n) is 5.62. The lowest BCUT2D eigenvalue weighted by atomic mass is 9.65. The van der Waals surface area contributed by atoms with E-state index in [4.69, 9.17) is 0 Å². The van der Waals surface area contributed by atoms with Gasteiger partial charge in [0.2, 0.25) is 0 Å². The Morgan fingerprint density at radius 2 is 1.73 bits per heavy atom. The average Bonchev–Trinajstić information content (AvgIpc) is 2.26. The molecule has 0 saturated heterocycles. The van der Waals surface area contributed by atoms with Crippen molar-refractivity contribution in [3.63, 3.8) is 0 Å². The Morgan fingerprint density at radius 3 is 2.33 bits per heavy atom. The van der Waals surface area contributed by atoms with E-state index in [1.54, 1.807) is 6.07 Å². The Bertz CT molecular complexity index is 402. The van der Waals surface area contributed by atoms with Crippen molar-refractivity contribution in [2.24, 2.45) is 5.41 Å². The Balaban J connectivity index is 2.68. The van der Waals surface area contributed by atoms with Gasteiger partial charge in [-0.3, -0.25) is 0 Å². The van der Waals surface area contributed by atoms with Crippen molar-refractivity contribution in [2.45, 2.75) is 46.0 Å². The molecular weight excluding hydrogens is 184 g/mol. The molecule has 1 heteroatoms. The number of phenols is 1. The Hall–Kier alpha value is -0.980. The van der Waals surface area contributed by atoms with Crippen LogP contribution in [0.3, 0.4) is 0 Å². The topological polar surface area (TPSA) is 20.2 Å². The molecule has 0 aromatic heterocycles. The summed E-state index contributed by atoms with van der Waals surface area (Å²) >= 11 is 0. The third-order valence-corrected chi connectivity index (χ3v) is 4.87. The van der Waals surface area contributed by atoms with E-state index in [2.05, 4.69) is 40.7 Å². The molecule has 0 fully saturated rings. The Labute approximate surface area is 92.1 Å². The summed E-state index contributed by atoms with van der Waals surface area (Å²) in [7, 11) is 0. The van der Waals surface area contributed by atoms with E-state index in [0.29, 0.717) is 11.7 Å². The SMILES string of the molecule is CC1c2cc(O)ccc2C(C)(C)C1(C)C. The molecular formula is C14H20O. The highest BCUT2D eigenvalue weighted by atomic mass is 16.3. The van der Waals surface area contributed by atoms with E-state index < -0.39 is 0 Å². The second kappa shape index (κ2) is 2.78. The van der Waals surface area contributed by atoms with Crippen LogP contribution in [0.5, 0.6) is 5.75 Å². The second-order valence-electron chi connectivity index (χ2n) is 5.84. The summed E-state index contributed by atoms with van der Waals surface area (Å²) in [5, 5.41) is 9.55. The van der Waals surface area contributed by atoms with Gasteiger partial charge in [-0.15, -0.1) is 0 Å². The average molecular weight is 204 g/mol. The van der Waals surface area contributed by atoms with Crippen LogP contribution >= 0.6 is 0 Å². The fourth-order valence-electron chi connectivity index (χ4n) is 2.75. The van der Waals surface area contributed by atoms with E-state index in [0.717, 1.165) is 0 Å². The molecule has 0 saturated carbocycles. The van der Waals surface area contributed by atoms with Crippen LogP contribution in [0.15, 0.2) is 18.2 Å². The zero-order chi connectivity index (χ0) is 11.4. The first-order valence-corrected chi connectivity index (χ1v) is 5.62. The normalized spacial score (nSPS) is 26.3. The molecule has 0 radical (unpaired) electrons. The van der Waals surface area contributed by atoms with Crippen LogP contribution in [-0.4, -0.2) is 5.11 Å². The predicted octanol–water partition coefficient (Wildman–Crippen LogP) is 3.81. The smallest absolute Gasteiger partial charge is 0.115 e. The first-order chi connectivity index (χ1) is 6.78. The molecule has 0 bridgehead atoms. The van der Waals surface area contributed by atoms with E-state index >= 15 is 0 Å². The van der Waals surface area contributed by atoms with Gasteiger partial charge in [0.15, 0.2) is 0 Å². The van der Waals surface area contributed by atoms with Gasteiger partial charge in [-0.25, -0.2) is 0 Å². The summed E-state index contributed by atoms with van der Waals surface area (Å²) < 4.78 is 0. The van der Waals surface area contributed by atoms with Crippen molar-refractivity contribution in [3.8, 4) is 5.75 Å². The minimum atomic E-state index is 0.176. The van der Waals surface area contributed by atoms with Gasteiger partial charge in [-0.2, -0.15) is 0 Å². The highest BCUT2D eigenvalue weighted by molar-refractivity contribution is 5.48. The lowest BCUT2D eigenvalue weighted by Crippen LogP contribution is -2.33. The van der Waals surface area contributed by atoms with Crippen LogP contribution in [-0.2, 0) is 5.41 Å². The number of hydrogen-bond acceptors (Lipinski definition) is 1. The van der Waals surface area contributed by atoms with Crippen molar-refractivity contribution >= 4 is 0 Å². The quantitative estimate of drug-likeness (QED) is 0.681. The molecule has 0 heterocycles. The van der Waals surface area contributed by atoms with Gasteiger partial charge in [0.05, 0.1) is 0 Å². The van der Waals surface area contributed by atoms with Gasteiger partial charge in [-0.1, -0.05) is 40.7 Å². The monoisotopic (exact) mass is 204 g/mol. The molecule has 15 heavy (non-hydrogen) atoms. The van der Waals surface area contributed by atoms with Gasteiger partial charge < -0.3 is 5.11 Å². The number of fused-ring (bicyclic) bond motifs is 1. The fraction of sp³-hybridized carbons (Fsp3) is 0.571. The molecule has 1 atom stereocenters. The molecule has 1 aromatic carbocycles. The Morgan fingerprint density at radius 1 is 1.13 bits per heavy atom. The highest BCUT2D eigenvalue weighted by Gasteiger charge is 2.50. The lowest BCUT2D eigenvalue weighted by molar-refractivity contribution is 0.190. The molecule has 1 aromatic rings. The molecule has 1 aliphatic carbocycles. The maximum absolute atomic E-state index is 9.55. The van der Waals surface area contributed by atoms with Gasteiger partial charge in [-0.05, 0) is 40.0 Å². The molecule has 1 N–H and O–H groups in total. The standard InChI is InChI=1S/C14H20O/c1-9-11-8-10(15)6-7-12(11)14(4,5)13(9,2)3/h6-9,15H,1-5H3. The van der Waals surface area contributed by atoms with Crippen molar-refractivity contribution in [2.75, 3.05) is 0 Å². The molecule has 1 nitrogen and oxygen atoms in total. The van der Waals surface area contributed by atoms with Crippen molar-refractivity contribution < 1.29 is 5.11 Å². The third kappa shape index (κ3) is 1.15. The van der Waals surface area contributed by atoms with Gasteiger partial charge in [0.25, 0.3) is 0 Å². The van der Waals surface area contributed by atoms with E-state index in [1.165, 1.54) is 11.1 Å². The van der Waals surface area contributed by atoms with E-state index in [1.807, 2.05) is 6.07 Å². The van der Waals surface area contributed by atoms with Crippen molar-refractivity contribution in [1.29, 1.82) is 0 Å².